The highest BCUT2D eigenvalue weighted by atomic mass is 19.1. The molecule has 0 aromatic heterocycles. The van der Waals surface area contributed by atoms with Crippen molar-refractivity contribution in [2.24, 2.45) is 10.8 Å². The minimum absolute atomic E-state index is 0.0768. The van der Waals surface area contributed by atoms with Gasteiger partial charge in [0.25, 0.3) is 5.91 Å². The summed E-state index contributed by atoms with van der Waals surface area (Å²) in [5.74, 6) is -1.42. The Bertz CT molecular complexity index is 940. The van der Waals surface area contributed by atoms with Crippen LogP contribution in [0.15, 0.2) is 47.6 Å². The van der Waals surface area contributed by atoms with E-state index in [1.165, 1.54) is 29.3 Å². The first-order valence-corrected chi connectivity index (χ1v) is 8.77. The molecule has 28 heavy (non-hydrogen) atoms. The third kappa shape index (κ3) is 3.95. The number of hydrogen-bond acceptors (Lipinski definition) is 5. The van der Waals surface area contributed by atoms with E-state index in [0.29, 0.717) is 11.4 Å². The van der Waals surface area contributed by atoms with Gasteiger partial charge in [-0.1, -0.05) is 0 Å². The fourth-order valence-electron chi connectivity index (χ4n) is 2.96. The molecule has 0 fully saturated rings. The van der Waals surface area contributed by atoms with Gasteiger partial charge >= 0.3 is 0 Å². The SMILES string of the molecule is Cc1cc(N(C)C)ccc1NC(=O)C1=NN(c2ccc(F)cc2)[C@H](C(N)=O)C1. The molecule has 0 radical (unpaired) electrons. The lowest BCUT2D eigenvalue weighted by Crippen LogP contribution is -2.39. The van der Waals surface area contributed by atoms with E-state index in [2.05, 4.69) is 10.4 Å². The number of nitrogens with two attached hydrogens (primary N) is 1. The normalized spacial score (nSPS) is 15.9. The zero-order valence-electron chi connectivity index (χ0n) is 15.9. The van der Waals surface area contributed by atoms with E-state index >= 15 is 0 Å². The number of halogens is 1. The number of benzene rings is 2. The zero-order chi connectivity index (χ0) is 20.4. The van der Waals surface area contributed by atoms with Crippen LogP contribution >= 0.6 is 0 Å². The number of amides is 2. The molecule has 0 unspecified atom stereocenters. The summed E-state index contributed by atoms with van der Waals surface area (Å²) in [4.78, 5) is 26.5. The van der Waals surface area contributed by atoms with Gasteiger partial charge in [-0.3, -0.25) is 14.6 Å². The van der Waals surface area contributed by atoms with Gasteiger partial charge in [0.05, 0.1) is 5.69 Å². The van der Waals surface area contributed by atoms with Gasteiger partial charge in [-0.05, 0) is 55.0 Å². The van der Waals surface area contributed by atoms with Gasteiger partial charge in [-0.15, -0.1) is 0 Å². The summed E-state index contributed by atoms with van der Waals surface area (Å²) in [5, 5.41) is 8.46. The molecule has 3 rings (SSSR count). The van der Waals surface area contributed by atoms with Gasteiger partial charge in [-0.2, -0.15) is 5.10 Å². The second-order valence-electron chi connectivity index (χ2n) is 6.84. The molecule has 2 amide bonds. The number of rotatable bonds is 5. The molecule has 0 spiro atoms. The minimum Gasteiger partial charge on any atom is -0.378 e. The van der Waals surface area contributed by atoms with Crippen molar-refractivity contribution < 1.29 is 14.0 Å². The molecule has 3 N–H and O–H groups in total. The van der Waals surface area contributed by atoms with Gasteiger partial charge in [-0.25, -0.2) is 4.39 Å². The highest BCUT2D eigenvalue weighted by Crippen LogP contribution is 2.26. The number of nitrogens with one attached hydrogen (secondary N) is 1. The van der Waals surface area contributed by atoms with Gasteiger partial charge in [0.15, 0.2) is 0 Å². The molecule has 8 heteroatoms. The van der Waals surface area contributed by atoms with Crippen LogP contribution in [0.1, 0.15) is 12.0 Å². The summed E-state index contributed by atoms with van der Waals surface area (Å²) < 4.78 is 13.2. The molecule has 2 aromatic rings. The number of primary amides is 1. The number of anilines is 3. The Balaban J connectivity index is 1.82. The summed E-state index contributed by atoms with van der Waals surface area (Å²) >= 11 is 0. The van der Waals surface area contributed by atoms with Crippen LogP contribution in [0.5, 0.6) is 0 Å². The van der Waals surface area contributed by atoms with Crippen LogP contribution in [0, 0.1) is 12.7 Å². The first-order valence-electron chi connectivity index (χ1n) is 8.77. The Morgan fingerprint density at radius 2 is 1.89 bits per heavy atom. The number of nitrogens with zero attached hydrogens (tertiary/aromatic N) is 3. The second-order valence-corrected chi connectivity index (χ2v) is 6.84. The minimum atomic E-state index is -0.802. The molecule has 1 atom stereocenters. The summed E-state index contributed by atoms with van der Waals surface area (Å²) in [7, 11) is 3.88. The number of hydrogen-bond donors (Lipinski definition) is 2. The van der Waals surface area contributed by atoms with E-state index in [9.17, 15) is 14.0 Å². The quantitative estimate of drug-likeness (QED) is 0.829. The van der Waals surface area contributed by atoms with Gasteiger partial charge in [0, 0.05) is 31.9 Å². The number of carbonyl (C=O) groups is 2. The number of aryl methyl sites for hydroxylation is 1. The van der Waals surface area contributed by atoms with Crippen molar-refractivity contribution in [1.29, 1.82) is 0 Å². The number of carbonyl (C=O) groups excluding carboxylic acids is 2. The van der Waals surface area contributed by atoms with Crippen molar-refractivity contribution in [1.82, 2.24) is 0 Å². The summed E-state index contributed by atoms with van der Waals surface area (Å²) in [6, 6.07) is 10.4. The van der Waals surface area contributed by atoms with Crippen LogP contribution < -0.4 is 21.0 Å². The molecule has 7 nitrogen and oxygen atoms in total. The maximum Gasteiger partial charge on any atom is 0.271 e. The van der Waals surface area contributed by atoms with Crippen molar-refractivity contribution in [3.63, 3.8) is 0 Å². The summed E-state index contributed by atoms with van der Waals surface area (Å²) in [6.45, 7) is 1.90. The predicted molar refractivity (Wildman–Crippen MR) is 108 cm³/mol. The van der Waals surface area contributed by atoms with Crippen molar-refractivity contribution in [3.05, 3.63) is 53.8 Å². The molecular weight excluding hydrogens is 361 g/mol. The van der Waals surface area contributed by atoms with E-state index in [4.69, 9.17) is 5.73 Å². The second kappa shape index (κ2) is 7.67. The average Bonchev–Trinajstić information content (AvgIpc) is 3.09. The van der Waals surface area contributed by atoms with Crippen molar-refractivity contribution >= 4 is 34.6 Å². The fraction of sp³-hybridized carbons (Fsp3) is 0.250. The molecule has 0 bridgehead atoms. The lowest BCUT2D eigenvalue weighted by molar-refractivity contribution is -0.119. The third-order valence-electron chi connectivity index (χ3n) is 4.57. The third-order valence-corrected chi connectivity index (χ3v) is 4.57. The Hall–Kier alpha value is -3.42. The van der Waals surface area contributed by atoms with Gasteiger partial charge in [0.1, 0.15) is 17.6 Å². The molecule has 146 valence electrons. The zero-order valence-corrected chi connectivity index (χ0v) is 15.9. The first kappa shape index (κ1) is 19.3. The van der Waals surface area contributed by atoms with Gasteiger partial charge < -0.3 is 16.0 Å². The van der Waals surface area contributed by atoms with Gasteiger partial charge in [0.2, 0.25) is 5.91 Å². The van der Waals surface area contributed by atoms with E-state index in [1.54, 1.807) is 0 Å². The van der Waals surface area contributed by atoms with Crippen LogP contribution in [0.3, 0.4) is 0 Å². The Labute approximate surface area is 162 Å². The standard InChI is InChI=1S/C20H22FN5O2/c1-12-10-15(25(2)3)8-9-16(12)23-20(28)17-11-18(19(22)27)26(24-17)14-6-4-13(21)5-7-14/h4-10,18H,11H2,1-3H3,(H2,22,27)(H,23,28)/t18-/m0/s1. The first-order chi connectivity index (χ1) is 13.3. The van der Waals surface area contributed by atoms with E-state index in [-0.39, 0.29) is 12.1 Å². The predicted octanol–water partition coefficient (Wildman–Crippen LogP) is 2.26. The molecule has 2 aromatic carbocycles. The fourth-order valence-corrected chi connectivity index (χ4v) is 2.96. The molecule has 1 heterocycles. The highest BCUT2D eigenvalue weighted by molar-refractivity contribution is 6.44. The Morgan fingerprint density at radius 1 is 1.21 bits per heavy atom. The summed E-state index contributed by atoms with van der Waals surface area (Å²) in [5.41, 5.74) is 8.73. The highest BCUT2D eigenvalue weighted by Gasteiger charge is 2.35. The molecule has 1 aliphatic heterocycles. The van der Waals surface area contributed by atoms with E-state index in [0.717, 1.165) is 11.3 Å². The van der Waals surface area contributed by atoms with E-state index < -0.39 is 23.7 Å². The Morgan fingerprint density at radius 3 is 2.46 bits per heavy atom. The van der Waals surface area contributed by atoms with Crippen LogP contribution in [0.25, 0.3) is 0 Å². The average molecular weight is 383 g/mol. The number of hydrazone groups is 1. The van der Waals surface area contributed by atoms with Crippen LogP contribution in [0.4, 0.5) is 21.5 Å². The lowest BCUT2D eigenvalue weighted by atomic mass is 10.1. The molecule has 0 saturated carbocycles. The topological polar surface area (TPSA) is 91.0 Å². The van der Waals surface area contributed by atoms with Crippen molar-refractivity contribution in [3.8, 4) is 0 Å². The maximum absolute atomic E-state index is 13.2. The van der Waals surface area contributed by atoms with Crippen LogP contribution in [-0.4, -0.2) is 37.7 Å². The molecule has 1 aliphatic rings. The van der Waals surface area contributed by atoms with Crippen LogP contribution in [0.2, 0.25) is 0 Å². The summed E-state index contributed by atoms with van der Waals surface area (Å²) in [6.07, 6.45) is 0.0768. The molecular formula is C20H22FN5O2. The lowest BCUT2D eigenvalue weighted by Gasteiger charge is -2.20. The van der Waals surface area contributed by atoms with Crippen molar-refractivity contribution in [2.75, 3.05) is 29.3 Å². The van der Waals surface area contributed by atoms with Crippen LogP contribution in [-0.2, 0) is 9.59 Å². The maximum atomic E-state index is 13.2. The van der Waals surface area contributed by atoms with E-state index in [1.807, 2.05) is 44.1 Å². The van der Waals surface area contributed by atoms with Crippen molar-refractivity contribution in [2.45, 2.75) is 19.4 Å². The monoisotopic (exact) mass is 383 g/mol. The molecule has 0 aliphatic carbocycles. The smallest absolute Gasteiger partial charge is 0.271 e. The molecule has 0 saturated heterocycles. The largest absolute Gasteiger partial charge is 0.378 e. The Kier molecular flexibility index (Phi) is 5.30.